The minimum absolute atomic E-state index is 0.0612. The van der Waals surface area contributed by atoms with Crippen molar-refractivity contribution in [3.8, 4) is 0 Å². The highest BCUT2D eigenvalue weighted by atomic mass is 32.1. The lowest BCUT2D eigenvalue weighted by molar-refractivity contribution is -0.384. The Balaban J connectivity index is 1.89. The van der Waals surface area contributed by atoms with Crippen LogP contribution in [0.5, 0.6) is 0 Å². The van der Waals surface area contributed by atoms with Crippen molar-refractivity contribution in [2.24, 2.45) is 5.41 Å². The number of fused-ring (bicyclic) bond motifs is 4. The summed E-state index contributed by atoms with van der Waals surface area (Å²) in [7, 11) is 1.95. The van der Waals surface area contributed by atoms with Crippen molar-refractivity contribution in [2.75, 3.05) is 38.1 Å². The fourth-order valence-corrected chi connectivity index (χ4v) is 4.86. The van der Waals surface area contributed by atoms with E-state index >= 15 is 0 Å². The third-order valence-electron chi connectivity index (χ3n) is 6.01. The minimum Gasteiger partial charge on any atom is -0.364 e. The Morgan fingerprint density at radius 2 is 2.17 bits per heavy atom. The lowest BCUT2D eigenvalue weighted by Gasteiger charge is -2.55. The summed E-state index contributed by atoms with van der Waals surface area (Å²) in [5.41, 5.74) is -0.0192. The molecular formula is C19H21N5O4S. The third kappa shape index (κ3) is 2.82. The molecule has 152 valence electrons. The van der Waals surface area contributed by atoms with Gasteiger partial charge in [-0.3, -0.25) is 24.6 Å². The summed E-state index contributed by atoms with van der Waals surface area (Å²) in [4.78, 5) is 43.2. The van der Waals surface area contributed by atoms with Gasteiger partial charge in [-0.1, -0.05) is 6.08 Å². The van der Waals surface area contributed by atoms with Gasteiger partial charge in [-0.2, -0.15) is 0 Å². The first-order valence-corrected chi connectivity index (χ1v) is 9.71. The Bertz CT molecular complexity index is 951. The fourth-order valence-electron chi connectivity index (χ4n) is 4.61. The van der Waals surface area contributed by atoms with Gasteiger partial charge in [-0.25, -0.2) is 0 Å². The number of rotatable bonds is 3. The van der Waals surface area contributed by atoms with Crippen LogP contribution in [0.4, 0.5) is 11.4 Å². The Kier molecular flexibility index (Phi) is 4.62. The maximum absolute atomic E-state index is 13.7. The Morgan fingerprint density at radius 3 is 2.86 bits per heavy atom. The first kappa shape index (κ1) is 19.5. The number of carbonyl (C=O) groups is 2. The second-order valence-electron chi connectivity index (χ2n) is 7.65. The molecule has 2 fully saturated rings. The highest BCUT2D eigenvalue weighted by molar-refractivity contribution is 7.80. The Labute approximate surface area is 173 Å². The number of likely N-dealkylation sites (N-methyl/N-ethyl adjacent to an activating group) is 1. The summed E-state index contributed by atoms with van der Waals surface area (Å²) in [6, 6.07) is 4.25. The molecule has 4 rings (SSSR count). The number of nitro groups is 1. The third-order valence-corrected chi connectivity index (χ3v) is 6.34. The zero-order valence-corrected chi connectivity index (χ0v) is 16.8. The SMILES string of the molecule is C=CCN1C(=O)C2(Cc3cc([N+](=O)[O-])ccc3N3CCN(C)CC32)C(=O)NC1=S. The smallest absolute Gasteiger partial charge is 0.269 e. The Hall–Kier alpha value is -2.85. The van der Waals surface area contributed by atoms with E-state index in [4.69, 9.17) is 12.2 Å². The van der Waals surface area contributed by atoms with Crippen LogP contribution < -0.4 is 10.2 Å². The molecular weight excluding hydrogens is 394 g/mol. The van der Waals surface area contributed by atoms with Gasteiger partial charge in [0.15, 0.2) is 10.5 Å². The highest BCUT2D eigenvalue weighted by Crippen LogP contribution is 2.46. The normalized spacial score (nSPS) is 26.8. The van der Waals surface area contributed by atoms with Crippen molar-refractivity contribution in [3.63, 3.8) is 0 Å². The number of nitro benzene ring substituents is 1. The van der Waals surface area contributed by atoms with Crippen LogP contribution in [-0.2, 0) is 16.0 Å². The van der Waals surface area contributed by atoms with Crippen molar-refractivity contribution >= 4 is 40.5 Å². The standard InChI is InChI=1S/C19H21N5O4S/c1-3-6-23-17(26)19(16(25)20-18(23)29)10-12-9-13(24(27)28)4-5-14(12)22-8-7-21(2)11-15(19)22/h3-5,9,15H,1,6-8,10-11H2,2H3,(H,20,25,29). The summed E-state index contributed by atoms with van der Waals surface area (Å²) in [6.45, 7) is 5.75. The first-order chi connectivity index (χ1) is 13.8. The van der Waals surface area contributed by atoms with Crippen LogP contribution in [0.3, 0.4) is 0 Å². The average molecular weight is 415 g/mol. The second-order valence-corrected chi connectivity index (χ2v) is 8.04. The minimum atomic E-state index is -1.41. The molecule has 0 bridgehead atoms. The van der Waals surface area contributed by atoms with Gasteiger partial charge >= 0.3 is 0 Å². The van der Waals surface area contributed by atoms with Gasteiger partial charge in [-0.05, 0) is 30.9 Å². The summed E-state index contributed by atoms with van der Waals surface area (Å²) >= 11 is 5.21. The second kappa shape index (κ2) is 6.89. The monoisotopic (exact) mass is 415 g/mol. The highest BCUT2D eigenvalue weighted by Gasteiger charge is 2.61. The van der Waals surface area contributed by atoms with E-state index in [1.807, 2.05) is 11.9 Å². The molecule has 3 aliphatic rings. The fraction of sp³-hybridized carbons (Fsp3) is 0.421. The molecule has 0 radical (unpaired) electrons. The van der Waals surface area contributed by atoms with Crippen molar-refractivity contribution < 1.29 is 14.5 Å². The number of benzene rings is 1. The molecule has 2 saturated heterocycles. The van der Waals surface area contributed by atoms with Crippen LogP contribution in [0.1, 0.15) is 5.56 Å². The maximum atomic E-state index is 13.7. The van der Waals surface area contributed by atoms with E-state index in [1.165, 1.54) is 17.0 Å². The van der Waals surface area contributed by atoms with E-state index < -0.39 is 22.3 Å². The van der Waals surface area contributed by atoms with Crippen LogP contribution >= 0.6 is 12.2 Å². The van der Waals surface area contributed by atoms with E-state index in [0.29, 0.717) is 18.7 Å². The molecule has 2 atom stereocenters. The van der Waals surface area contributed by atoms with E-state index in [9.17, 15) is 19.7 Å². The van der Waals surface area contributed by atoms with Crippen LogP contribution in [0.25, 0.3) is 0 Å². The van der Waals surface area contributed by atoms with E-state index in [2.05, 4.69) is 16.8 Å². The molecule has 1 aromatic carbocycles. The topological polar surface area (TPSA) is 99.0 Å². The summed E-state index contributed by atoms with van der Waals surface area (Å²) in [6.07, 6.45) is 1.64. The molecule has 1 spiro atoms. The van der Waals surface area contributed by atoms with Crippen molar-refractivity contribution in [2.45, 2.75) is 12.5 Å². The van der Waals surface area contributed by atoms with Gasteiger partial charge in [0.05, 0.1) is 11.0 Å². The van der Waals surface area contributed by atoms with Gasteiger partial charge < -0.3 is 15.1 Å². The van der Waals surface area contributed by atoms with Gasteiger partial charge in [0, 0.05) is 50.4 Å². The van der Waals surface area contributed by atoms with Gasteiger partial charge in [0.1, 0.15) is 0 Å². The summed E-state index contributed by atoms with van der Waals surface area (Å²) < 4.78 is 0. The molecule has 0 aliphatic carbocycles. The molecule has 2 amide bonds. The number of hydrogen-bond acceptors (Lipinski definition) is 7. The quantitative estimate of drug-likeness (QED) is 0.255. The molecule has 10 heteroatoms. The van der Waals surface area contributed by atoms with E-state index in [0.717, 1.165) is 12.2 Å². The van der Waals surface area contributed by atoms with Crippen LogP contribution in [0.15, 0.2) is 30.9 Å². The lowest BCUT2D eigenvalue weighted by atomic mass is 9.67. The van der Waals surface area contributed by atoms with Gasteiger partial charge in [-0.15, -0.1) is 6.58 Å². The molecule has 0 aromatic heterocycles. The molecule has 29 heavy (non-hydrogen) atoms. The first-order valence-electron chi connectivity index (χ1n) is 9.30. The molecule has 3 aliphatic heterocycles. The average Bonchev–Trinajstić information content (AvgIpc) is 2.68. The number of thiocarbonyl (C=S) groups is 1. The van der Waals surface area contributed by atoms with Gasteiger partial charge in [0.25, 0.3) is 5.69 Å². The molecule has 0 saturated carbocycles. The number of amides is 2. The van der Waals surface area contributed by atoms with Gasteiger partial charge in [0.2, 0.25) is 11.8 Å². The predicted molar refractivity (Wildman–Crippen MR) is 111 cm³/mol. The number of non-ortho nitro benzene ring substituents is 1. The van der Waals surface area contributed by atoms with Crippen LogP contribution in [0.2, 0.25) is 0 Å². The van der Waals surface area contributed by atoms with Crippen LogP contribution in [-0.4, -0.2) is 70.9 Å². The van der Waals surface area contributed by atoms with Crippen molar-refractivity contribution in [1.82, 2.24) is 15.1 Å². The zero-order valence-electron chi connectivity index (χ0n) is 16.0. The number of nitrogens with zero attached hydrogens (tertiary/aromatic N) is 4. The van der Waals surface area contributed by atoms with Crippen molar-refractivity contribution in [3.05, 3.63) is 46.5 Å². The lowest BCUT2D eigenvalue weighted by Crippen LogP contribution is -2.75. The zero-order chi connectivity index (χ0) is 20.9. The van der Waals surface area contributed by atoms with E-state index in [1.54, 1.807) is 12.1 Å². The number of anilines is 1. The number of carbonyl (C=O) groups excluding carboxylic acids is 2. The number of hydrogen-bond donors (Lipinski definition) is 1. The number of piperazine rings is 1. The van der Waals surface area contributed by atoms with Crippen molar-refractivity contribution in [1.29, 1.82) is 0 Å². The maximum Gasteiger partial charge on any atom is 0.269 e. The molecule has 3 heterocycles. The number of nitrogens with one attached hydrogen (secondary N) is 1. The predicted octanol–water partition coefficient (Wildman–Crippen LogP) is 0.687. The largest absolute Gasteiger partial charge is 0.364 e. The molecule has 2 unspecified atom stereocenters. The molecule has 1 aromatic rings. The molecule has 1 N–H and O–H groups in total. The van der Waals surface area contributed by atoms with Crippen LogP contribution in [0, 0.1) is 15.5 Å². The van der Waals surface area contributed by atoms with E-state index in [-0.39, 0.29) is 29.7 Å². The molecule has 9 nitrogen and oxygen atoms in total. The summed E-state index contributed by atoms with van der Waals surface area (Å²) in [5.74, 6) is -0.830. The Morgan fingerprint density at radius 1 is 1.41 bits per heavy atom. The summed E-state index contributed by atoms with van der Waals surface area (Å²) in [5, 5.41) is 14.0.